The second-order valence-electron chi connectivity index (χ2n) is 7.32. The van der Waals surface area contributed by atoms with E-state index in [1.807, 2.05) is 36.7 Å². The summed E-state index contributed by atoms with van der Waals surface area (Å²) in [5, 5.41) is 21.1. The van der Waals surface area contributed by atoms with Crippen LogP contribution in [-0.4, -0.2) is 49.8 Å². The van der Waals surface area contributed by atoms with E-state index in [2.05, 4.69) is 4.98 Å². The number of carbonyl (C=O) groups excluding carboxylic acids is 1. The first-order valence-corrected chi connectivity index (χ1v) is 9.10. The number of phenolic OH excluding ortho intramolecular Hbond substituents is 1. The zero-order chi connectivity index (χ0) is 19.1. The lowest BCUT2D eigenvalue weighted by Crippen LogP contribution is -2.30. The maximum absolute atomic E-state index is 13.3. The fourth-order valence-electron chi connectivity index (χ4n) is 4.03. The Hall–Kier alpha value is -2.86. The summed E-state index contributed by atoms with van der Waals surface area (Å²) in [5.74, 6) is 0.0409. The van der Waals surface area contributed by atoms with E-state index in [0.29, 0.717) is 25.1 Å². The molecule has 1 amide bonds. The summed E-state index contributed by atoms with van der Waals surface area (Å²) in [6.45, 7) is 2.74. The molecule has 0 radical (unpaired) electrons. The molecule has 2 aromatic heterocycles. The largest absolute Gasteiger partial charge is 0.508 e. The van der Waals surface area contributed by atoms with Gasteiger partial charge in [0.05, 0.1) is 11.7 Å². The van der Waals surface area contributed by atoms with Crippen molar-refractivity contribution in [1.29, 1.82) is 0 Å². The number of aromatic hydroxyl groups is 1. The molecule has 1 fully saturated rings. The molecule has 1 aromatic carbocycles. The Labute approximate surface area is 157 Å². The van der Waals surface area contributed by atoms with Gasteiger partial charge < -0.3 is 19.7 Å². The van der Waals surface area contributed by atoms with Crippen LogP contribution in [-0.2, 0) is 13.5 Å². The van der Waals surface area contributed by atoms with Gasteiger partial charge in [-0.05, 0) is 49.2 Å². The third-order valence-electron chi connectivity index (χ3n) is 5.63. The van der Waals surface area contributed by atoms with Crippen LogP contribution >= 0.6 is 0 Å². The second-order valence-corrected chi connectivity index (χ2v) is 7.32. The average molecular weight is 365 g/mol. The number of hydrogen-bond donors (Lipinski definition) is 2. The molecule has 1 saturated heterocycles. The molecule has 0 bridgehead atoms. The number of fused-ring (bicyclic) bond motifs is 1. The van der Waals surface area contributed by atoms with Gasteiger partial charge in [-0.3, -0.25) is 9.78 Å². The molecule has 27 heavy (non-hydrogen) atoms. The Morgan fingerprint density at radius 3 is 2.70 bits per heavy atom. The lowest BCUT2D eigenvalue weighted by molar-refractivity contribution is 0.0765. The first-order valence-electron chi connectivity index (χ1n) is 9.10. The van der Waals surface area contributed by atoms with Crippen molar-refractivity contribution in [3.05, 3.63) is 59.5 Å². The number of likely N-dealkylation sites (tertiary alicyclic amines) is 1. The van der Waals surface area contributed by atoms with Crippen molar-refractivity contribution in [1.82, 2.24) is 14.5 Å². The molecule has 6 heteroatoms. The average Bonchev–Trinajstić information content (AvgIpc) is 3.13. The summed E-state index contributed by atoms with van der Waals surface area (Å²) in [6, 6.07) is 8.96. The van der Waals surface area contributed by atoms with Gasteiger partial charge in [-0.15, -0.1) is 0 Å². The van der Waals surface area contributed by atoms with Gasteiger partial charge >= 0.3 is 0 Å². The summed E-state index contributed by atoms with van der Waals surface area (Å²) in [5.41, 5.74) is 3.46. The van der Waals surface area contributed by atoms with Crippen LogP contribution < -0.4 is 0 Å². The van der Waals surface area contributed by atoms with Gasteiger partial charge in [-0.25, -0.2) is 0 Å². The standard InChI is InChI=1S/C21H23N3O3/c1-13-20(17-10-16(25)3-4-18(17)23(13)2)21(27)24-11-15(19(26)12-24)9-14-5-7-22-8-6-14/h3-8,10,15,19,25-26H,9,11-12H2,1-2H3/t15-,19-/m1/s1. The number of benzene rings is 1. The van der Waals surface area contributed by atoms with E-state index in [0.717, 1.165) is 22.2 Å². The van der Waals surface area contributed by atoms with Crippen LogP contribution in [0.25, 0.3) is 10.9 Å². The van der Waals surface area contributed by atoms with Crippen LogP contribution in [0.3, 0.4) is 0 Å². The summed E-state index contributed by atoms with van der Waals surface area (Å²) in [7, 11) is 1.91. The Balaban J connectivity index is 1.61. The molecule has 2 N–H and O–H groups in total. The molecular formula is C21H23N3O3. The number of aryl methyl sites for hydroxylation is 1. The smallest absolute Gasteiger partial charge is 0.256 e. The molecule has 0 aliphatic carbocycles. The van der Waals surface area contributed by atoms with E-state index in [1.165, 1.54) is 0 Å². The van der Waals surface area contributed by atoms with Gasteiger partial charge in [-0.2, -0.15) is 0 Å². The molecule has 1 aliphatic rings. The number of phenols is 1. The molecule has 0 unspecified atom stereocenters. The van der Waals surface area contributed by atoms with Crippen LogP contribution in [0, 0.1) is 12.8 Å². The van der Waals surface area contributed by atoms with Gasteiger partial charge in [0.2, 0.25) is 0 Å². The molecular weight excluding hydrogens is 342 g/mol. The first-order chi connectivity index (χ1) is 13.0. The van der Waals surface area contributed by atoms with Crippen molar-refractivity contribution < 1.29 is 15.0 Å². The predicted octanol–water partition coefficient (Wildman–Crippen LogP) is 2.26. The van der Waals surface area contributed by atoms with Gasteiger partial charge in [-0.1, -0.05) is 0 Å². The van der Waals surface area contributed by atoms with E-state index in [-0.39, 0.29) is 17.6 Å². The molecule has 6 nitrogen and oxygen atoms in total. The summed E-state index contributed by atoms with van der Waals surface area (Å²) >= 11 is 0. The number of aliphatic hydroxyl groups is 1. The van der Waals surface area contributed by atoms with Crippen molar-refractivity contribution >= 4 is 16.8 Å². The number of amides is 1. The molecule has 1 aliphatic heterocycles. The summed E-state index contributed by atoms with van der Waals surface area (Å²) < 4.78 is 1.96. The molecule has 140 valence electrons. The minimum Gasteiger partial charge on any atom is -0.508 e. The number of pyridine rings is 1. The Morgan fingerprint density at radius 1 is 1.22 bits per heavy atom. The van der Waals surface area contributed by atoms with E-state index in [4.69, 9.17) is 0 Å². The van der Waals surface area contributed by atoms with Crippen molar-refractivity contribution in [3.8, 4) is 5.75 Å². The molecule has 3 heterocycles. The normalized spacial score (nSPS) is 19.7. The number of nitrogens with zero attached hydrogens (tertiary/aromatic N) is 3. The van der Waals surface area contributed by atoms with Crippen LogP contribution in [0.4, 0.5) is 0 Å². The van der Waals surface area contributed by atoms with Crippen molar-refractivity contribution in [2.45, 2.75) is 19.4 Å². The van der Waals surface area contributed by atoms with E-state index in [9.17, 15) is 15.0 Å². The highest BCUT2D eigenvalue weighted by molar-refractivity contribution is 6.08. The van der Waals surface area contributed by atoms with Crippen LogP contribution in [0.15, 0.2) is 42.7 Å². The fraction of sp³-hybridized carbons (Fsp3) is 0.333. The number of β-amino-alcohol motifs (C(OH)–C–C–N with tert-alkyl or cyclic N) is 1. The molecule has 4 rings (SSSR count). The topological polar surface area (TPSA) is 78.6 Å². The van der Waals surface area contributed by atoms with Gasteiger partial charge in [0.1, 0.15) is 5.75 Å². The summed E-state index contributed by atoms with van der Waals surface area (Å²) in [6.07, 6.45) is 3.64. The SMILES string of the molecule is Cc1c(C(=O)N2C[C@@H](Cc3ccncc3)[C@H](O)C2)c2cc(O)ccc2n1C. The molecule has 2 atom stereocenters. The number of aliphatic hydroxyl groups excluding tert-OH is 1. The second kappa shape index (κ2) is 6.70. The number of hydrogen-bond acceptors (Lipinski definition) is 4. The number of rotatable bonds is 3. The zero-order valence-corrected chi connectivity index (χ0v) is 15.5. The maximum atomic E-state index is 13.3. The highest BCUT2D eigenvalue weighted by Gasteiger charge is 2.36. The highest BCUT2D eigenvalue weighted by Crippen LogP contribution is 2.31. The van der Waals surface area contributed by atoms with Crippen molar-refractivity contribution in [3.63, 3.8) is 0 Å². The Kier molecular flexibility index (Phi) is 4.36. The van der Waals surface area contributed by atoms with E-state index >= 15 is 0 Å². The van der Waals surface area contributed by atoms with Crippen LogP contribution in [0.1, 0.15) is 21.6 Å². The van der Waals surface area contributed by atoms with Gasteiger partial charge in [0.15, 0.2) is 0 Å². The van der Waals surface area contributed by atoms with Crippen LogP contribution in [0.5, 0.6) is 5.75 Å². The quantitative estimate of drug-likeness (QED) is 0.746. The minimum absolute atomic E-state index is 0.0000327. The molecule has 3 aromatic rings. The Bertz CT molecular complexity index is 997. The van der Waals surface area contributed by atoms with Gasteiger partial charge in [0.25, 0.3) is 5.91 Å². The predicted molar refractivity (Wildman–Crippen MR) is 103 cm³/mol. The van der Waals surface area contributed by atoms with Crippen LogP contribution in [0.2, 0.25) is 0 Å². The maximum Gasteiger partial charge on any atom is 0.256 e. The molecule has 0 spiro atoms. The summed E-state index contributed by atoms with van der Waals surface area (Å²) in [4.78, 5) is 19.0. The highest BCUT2D eigenvalue weighted by atomic mass is 16.3. The zero-order valence-electron chi connectivity index (χ0n) is 15.5. The molecule has 0 saturated carbocycles. The monoisotopic (exact) mass is 365 g/mol. The van der Waals surface area contributed by atoms with Gasteiger partial charge in [0, 0.05) is 55.0 Å². The van der Waals surface area contributed by atoms with E-state index < -0.39 is 6.10 Å². The minimum atomic E-state index is -0.550. The Morgan fingerprint density at radius 2 is 1.96 bits per heavy atom. The third-order valence-corrected chi connectivity index (χ3v) is 5.63. The lowest BCUT2D eigenvalue weighted by atomic mass is 9.97. The number of aromatic nitrogens is 2. The van der Waals surface area contributed by atoms with Crippen molar-refractivity contribution in [2.24, 2.45) is 13.0 Å². The van der Waals surface area contributed by atoms with Crippen molar-refractivity contribution in [2.75, 3.05) is 13.1 Å². The number of carbonyl (C=O) groups is 1. The lowest BCUT2D eigenvalue weighted by Gasteiger charge is -2.17. The fourth-order valence-corrected chi connectivity index (χ4v) is 4.03. The first kappa shape index (κ1) is 17.5. The third kappa shape index (κ3) is 3.06. The van der Waals surface area contributed by atoms with E-state index in [1.54, 1.807) is 29.4 Å².